The molecule has 0 spiro atoms. The predicted molar refractivity (Wildman–Crippen MR) is 83.2 cm³/mol. The van der Waals surface area contributed by atoms with Gasteiger partial charge in [-0.2, -0.15) is 5.10 Å². The minimum Gasteiger partial charge on any atom is -0.341 e. The molecule has 118 valence electrons. The molecule has 0 saturated carbocycles. The summed E-state index contributed by atoms with van der Waals surface area (Å²) in [5.41, 5.74) is 2.00. The van der Waals surface area contributed by atoms with Crippen LogP contribution in [0.1, 0.15) is 24.2 Å². The Morgan fingerprint density at radius 3 is 2.68 bits per heavy atom. The highest BCUT2D eigenvalue weighted by Crippen LogP contribution is 2.19. The number of aromatic nitrogens is 4. The standard InChI is InChI=1S/C16H23N5O/c1-13-9-14(2)21(18-13)11-16(22)20-6-3-15(4-7-20)10-19-8-5-17-12-19/h5,8-9,12,15H,3-4,6-7,10-11H2,1-2H3. The minimum atomic E-state index is 0.173. The molecule has 1 amide bonds. The van der Waals surface area contributed by atoms with Crippen LogP contribution in [0.4, 0.5) is 0 Å². The largest absolute Gasteiger partial charge is 0.341 e. The molecule has 22 heavy (non-hydrogen) atoms. The number of amides is 1. The van der Waals surface area contributed by atoms with Crippen molar-refractivity contribution >= 4 is 5.91 Å². The zero-order valence-corrected chi connectivity index (χ0v) is 13.3. The van der Waals surface area contributed by atoms with Gasteiger partial charge in [0, 0.05) is 37.7 Å². The molecule has 3 heterocycles. The van der Waals surface area contributed by atoms with Crippen molar-refractivity contribution in [2.45, 2.75) is 39.8 Å². The highest BCUT2D eigenvalue weighted by atomic mass is 16.2. The Morgan fingerprint density at radius 1 is 1.32 bits per heavy atom. The first-order chi connectivity index (χ1) is 10.6. The summed E-state index contributed by atoms with van der Waals surface area (Å²) >= 11 is 0. The van der Waals surface area contributed by atoms with Gasteiger partial charge in [0.15, 0.2) is 0 Å². The Labute approximate surface area is 130 Å². The van der Waals surface area contributed by atoms with Crippen molar-refractivity contribution < 1.29 is 4.79 Å². The number of aryl methyl sites for hydroxylation is 2. The maximum atomic E-state index is 12.4. The van der Waals surface area contributed by atoms with Crippen molar-refractivity contribution in [2.24, 2.45) is 5.92 Å². The lowest BCUT2D eigenvalue weighted by molar-refractivity contribution is -0.133. The average Bonchev–Trinajstić information content (AvgIpc) is 3.10. The van der Waals surface area contributed by atoms with E-state index < -0.39 is 0 Å². The lowest BCUT2D eigenvalue weighted by Crippen LogP contribution is -2.41. The van der Waals surface area contributed by atoms with E-state index in [2.05, 4.69) is 14.6 Å². The van der Waals surface area contributed by atoms with E-state index in [1.807, 2.05) is 43.5 Å². The first kappa shape index (κ1) is 14.8. The van der Waals surface area contributed by atoms with Crippen molar-refractivity contribution in [1.29, 1.82) is 0 Å². The number of likely N-dealkylation sites (tertiary alicyclic amines) is 1. The van der Waals surface area contributed by atoms with E-state index in [-0.39, 0.29) is 5.91 Å². The fourth-order valence-corrected chi connectivity index (χ4v) is 3.12. The number of imidazole rings is 1. The van der Waals surface area contributed by atoms with Gasteiger partial charge in [-0.05, 0) is 38.7 Å². The van der Waals surface area contributed by atoms with E-state index in [1.54, 1.807) is 4.68 Å². The van der Waals surface area contributed by atoms with Crippen LogP contribution in [0.25, 0.3) is 0 Å². The Kier molecular flexibility index (Phi) is 4.27. The summed E-state index contributed by atoms with van der Waals surface area (Å²) in [6.07, 6.45) is 7.79. The third-order valence-corrected chi connectivity index (χ3v) is 4.38. The summed E-state index contributed by atoms with van der Waals surface area (Å²) in [6, 6.07) is 2.00. The second-order valence-electron chi connectivity index (χ2n) is 6.17. The molecule has 0 aromatic carbocycles. The molecule has 0 radical (unpaired) electrons. The van der Waals surface area contributed by atoms with Crippen molar-refractivity contribution in [3.05, 3.63) is 36.2 Å². The lowest BCUT2D eigenvalue weighted by atomic mass is 9.96. The molecule has 1 saturated heterocycles. The van der Waals surface area contributed by atoms with E-state index in [4.69, 9.17) is 0 Å². The molecule has 0 atom stereocenters. The smallest absolute Gasteiger partial charge is 0.244 e. The average molecular weight is 301 g/mol. The van der Waals surface area contributed by atoms with Crippen LogP contribution in [0.15, 0.2) is 24.8 Å². The molecule has 6 heteroatoms. The molecule has 1 aliphatic rings. The van der Waals surface area contributed by atoms with E-state index in [0.29, 0.717) is 12.5 Å². The van der Waals surface area contributed by atoms with Gasteiger partial charge in [-0.25, -0.2) is 4.98 Å². The number of hydrogen-bond acceptors (Lipinski definition) is 3. The van der Waals surface area contributed by atoms with Gasteiger partial charge in [-0.15, -0.1) is 0 Å². The van der Waals surface area contributed by atoms with E-state index in [1.165, 1.54) is 0 Å². The van der Waals surface area contributed by atoms with Crippen LogP contribution in [0.2, 0.25) is 0 Å². The maximum absolute atomic E-state index is 12.4. The molecule has 3 rings (SSSR count). The lowest BCUT2D eigenvalue weighted by Gasteiger charge is -2.32. The second-order valence-corrected chi connectivity index (χ2v) is 6.17. The molecule has 2 aromatic heterocycles. The normalized spacial score (nSPS) is 16.2. The number of hydrogen-bond donors (Lipinski definition) is 0. The number of rotatable bonds is 4. The summed E-state index contributed by atoms with van der Waals surface area (Å²) in [6.45, 7) is 6.99. The maximum Gasteiger partial charge on any atom is 0.244 e. The monoisotopic (exact) mass is 301 g/mol. The highest BCUT2D eigenvalue weighted by Gasteiger charge is 2.23. The molecule has 1 fully saturated rings. The Bertz CT molecular complexity index is 623. The van der Waals surface area contributed by atoms with Gasteiger partial charge in [0.2, 0.25) is 5.91 Å². The number of piperidine rings is 1. The van der Waals surface area contributed by atoms with Gasteiger partial charge in [-0.1, -0.05) is 0 Å². The molecule has 0 unspecified atom stereocenters. The summed E-state index contributed by atoms with van der Waals surface area (Å²) in [5.74, 6) is 0.805. The molecule has 6 nitrogen and oxygen atoms in total. The van der Waals surface area contributed by atoms with Gasteiger partial charge >= 0.3 is 0 Å². The molecule has 0 bridgehead atoms. The van der Waals surface area contributed by atoms with Crippen LogP contribution in [0.5, 0.6) is 0 Å². The third kappa shape index (κ3) is 3.37. The summed E-state index contributed by atoms with van der Waals surface area (Å²) in [4.78, 5) is 18.5. The molecule has 1 aliphatic heterocycles. The van der Waals surface area contributed by atoms with E-state index in [0.717, 1.165) is 43.9 Å². The summed E-state index contributed by atoms with van der Waals surface area (Å²) in [7, 11) is 0. The Balaban J connectivity index is 1.50. The minimum absolute atomic E-state index is 0.173. The van der Waals surface area contributed by atoms with Crippen LogP contribution >= 0.6 is 0 Å². The topological polar surface area (TPSA) is 56.0 Å². The Hall–Kier alpha value is -2.11. The van der Waals surface area contributed by atoms with Gasteiger partial charge in [-0.3, -0.25) is 9.48 Å². The van der Waals surface area contributed by atoms with Crippen LogP contribution in [-0.2, 0) is 17.9 Å². The summed E-state index contributed by atoms with van der Waals surface area (Å²) in [5, 5.41) is 4.37. The molecular formula is C16H23N5O. The van der Waals surface area contributed by atoms with Crippen LogP contribution in [0.3, 0.4) is 0 Å². The first-order valence-corrected chi connectivity index (χ1v) is 7.86. The Morgan fingerprint density at radius 2 is 2.09 bits per heavy atom. The molecule has 0 N–H and O–H groups in total. The fourth-order valence-electron chi connectivity index (χ4n) is 3.12. The van der Waals surface area contributed by atoms with Gasteiger partial charge in [0.1, 0.15) is 6.54 Å². The van der Waals surface area contributed by atoms with E-state index >= 15 is 0 Å². The molecule has 2 aromatic rings. The number of carbonyl (C=O) groups is 1. The van der Waals surface area contributed by atoms with Crippen LogP contribution < -0.4 is 0 Å². The predicted octanol–water partition coefficient (Wildman–Crippen LogP) is 1.64. The SMILES string of the molecule is Cc1cc(C)n(CC(=O)N2CCC(Cn3ccnc3)CC2)n1. The number of carbonyl (C=O) groups excluding carboxylic acids is 1. The van der Waals surface area contributed by atoms with Crippen LogP contribution in [0, 0.1) is 19.8 Å². The second kappa shape index (κ2) is 6.34. The fraction of sp³-hybridized carbons (Fsp3) is 0.562. The van der Waals surface area contributed by atoms with Crippen molar-refractivity contribution in [1.82, 2.24) is 24.2 Å². The van der Waals surface area contributed by atoms with Crippen molar-refractivity contribution in [2.75, 3.05) is 13.1 Å². The highest BCUT2D eigenvalue weighted by molar-refractivity contribution is 5.76. The molecule has 0 aliphatic carbocycles. The quantitative estimate of drug-likeness (QED) is 0.862. The van der Waals surface area contributed by atoms with Crippen LogP contribution in [-0.4, -0.2) is 43.2 Å². The third-order valence-electron chi connectivity index (χ3n) is 4.38. The van der Waals surface area contributed by atoms with Crippen molar-refractivity contribution in [3.63, 3.8) is 0 Å². The number of nitrogens with zero attached hydrogens (tertiary/aromatic N) is 5. The first-order valence-electron chi connectivity index (χ1n) is 7.86. The van der Waals surface area contributed by atoms with Crippen molar-refractivity contribution in [3.8, 4) is 0 Å². The molecular weight excluding hydrogens is 278 g/mol. The van der Waals surface area contributed by atoms with E-state index in [9.17, 15) is 4.79 Å². The summed E-state index contributed by atoms with van der Waals surface area (Å²) < 4.78 is 3.92. The van der Waals surface area contributed by atoms with Gasteiger partial charge in [0.05, 0.1) is 12.0 Å². The zero-order chi connectivity index (χ0) is 15.5. The van der Waals surface area contributed by atoms with Gasteiger partial charge < -0.3 is 9.47 Å². The van der Waals surface area contributed by atoms with Gasteiger partial charge in [0.25, 0.3) is 0 Å². The zero-order valence-electron chi connectivity index (χ0n) is 13.3.